The lowest BCUT2D eigenvalue weighted by Gasteiger charge is -2.09. The van der Waals surface area contributed by atoms with Gasteiger partial charge in [-0.25, -0.2) is 4.98 Å². The van der Waals surface area contributed by atoms with Crippen LogP contribution in [0.2, 0.25) is 0 Å². The summed E-state index contributed by atoms with van der Waals surface area (Å²) >= 11 is 1.72. The Morgan fingerprint density at radius 3 is 2.61 bits per heavy atom. The van der Waals surface area contributed by atoms with E-state index >= 15 is 0 Å². The standard InChI is InChI=1S/C15H17NOS/c1-11-8-15(16-9-14(11)12(2)17)18-10-13-6-4-3-5-7-13/h3-9,12,17H,10H2,1-2H3/t12-/m1/s1. The smallest absolute Gasteiger partial charge is 0.0965 e. The third-order valence-corrected chi connectivity index (χ3v) is 3.80. The Morgan fingerprint density at radius 2 is 2.00 bits per heavy atom. The van der Waals surface area contributed by atoms with Crippen LogP contribution in [0.3, 0.4) is 0 Å². The van der Waals surface area contributed by atoms with Crippen LogP contribution in [0, 0.1) is 6.92 Å². The van der Waals surface area contributed by atoms with Gasteiger partial charge in [0.1, 0.15) is 0 Å². The van der Waals surface area contributed by atoms with Gasteiger partial charge in [-0.15, -0.1) is 11.8 Å². The topological polar surface area (TPSA) is 33.1 Å². The zero-order chi connectivity index (χ0) is 13.0. The Hall–Kier alpha value is -1.32. The Bertz CT molecular complexity index is 511. The lowest BCUT2D eigenvalue weighted by Crippen LogP contribution is -1.97. The first-order chi connectivity index (χ1) is 8.66. The van der Waals surface area contributed by atoms with Crippen molar-refractivity contribution in [2.24, 2.45) is 0 Å². The Balaban J connectivity index is 2.05. The van der Waals surface area contributed by atoms with E-state index in [-0.39, 0.29) is 0 Å². The van der Waals surface area contributed by atoms with Gasteiger partial charge in [0.05, 0.1) is 11.1 Å². The van der Waals surface area contributed by atoms with Gasteiger partial charge in [-0.1, -0.05) is 30.3 Å². The molecule has 3 heteroatoms. The van der Waals surface area contributed by atoms with E-state index in [2.05, 4.69) is 17.1 Å². The van der Waals surface area contributed by atoms with E-state index < -0.39 is 6.10 Å². The summed E-state index contributed by atoms with van der Waals surface area (Å²) < 4.78 is 0. The van der Waals surface area contributed by atoms with Gasteiger partial charge in [0.25, 0.3) is 0 Å². The van der Waals surface area contributed by atoms with E-state index in [1.165, 1.54) is 5.56 Å². The second-order valence-corrected chi connectivity index (χ2v) is 5.33. The van der Waals surface area contributed by atoms with Crippen LogP contribution in [0.15, 0.2) is 47.6 Å². The molecule has 1 aromatic carbocycles. The number of pyridine rings is 1. The molecule has 0 amide bonds. The normalized spacial score (nSPS) is 12.4. The molecule has 0 bridgehead atoms. The molecule has 0 aliphatic heterocycles. The molecule has 2 rings (SSSR count). The molecule has 0 aliphatic rings. The summed E-state index contributed by atoms with van der Waals surface area (Å²) in [5.74, 6) is 0.918. The number of aryl methyl sites for hydroxylation is 1. The largest absolute Gasteiger partial charge is 0.389 e. The zero-order valence-electron chi connectivity index (χ0n) is 10.6. The summed E-state index contributed by atoms with van der Waals surface area (Å²) in [6.45, 7) is 3.77. The molecule has 1 N–H and O–H groups in total. The van der Waals surface area contributed by atoms with E-state index in [9.17, 15) is 5.11 Å². The average molecular weight is 259 g/mol. The molecule has 2 nitrogen and oxygen atoms in total. The number of benzene rings is 1. The van der Waals surface area contributed by atoms with Crippen LogP contribution in [0.1, 0.15) is 29.7 Å². The minimum Gasteiger partial charge on any atom is -0.389 e. The molecule has 0 saturated heterocycles. The first kappa shape index (κ1) is 13.1. The number of rotatable bonds is 4. The second kappa shape index (κ2) is 6.03. The Morgan fingerprint density at radius 1 is 1.28 bits per heavy atom. The first-order valence-corrected chi connectivity index (χ1v) is 6.96. The number of aliphatic hydroxyl groups is 1. The van der Waals surface area contributed by atoms with E-state index in [4.69, 9.17) is 0 Å². The average Bonchev–Trinajstić information content (AvgIpc) is 2.37. The molecule has 0 spiro atoms. The van der Waals surface area contributed by atoms with Crippen LogP contribution in [0.25, 0.3) is 0 Å². The molecule has 0 radical (unpaired) electrons. The quantitative estimate of drug-likeness (QED) is 0.849. The summed E-state index contributed by atoms with van der Waals surface area (Å²) in [5.41, 5.74) is 3.29. The number of thioether (sulfide) groups is 1. The zero-order valence-corrected chi connectivity index (χ0v) is 11.4. The van der Waals surface area contributed by atoms with Crippen molar-refractivity contribution in [3.05, 3.63) is 59.3 Å². The van der Waals surface area contributed by atoms with Crippen LogP contribution in [0.4, 0.5) is 0 Å². The summed E-state index contributed by atoms with van der Waals surface area (Å²) in [6.07, 6.45) is 1.32. The van der Waals surface area contributed by atoms with Gasteiger partial charge in [-0.2, -0.15) is 0 Å². The van der Waals surface area contributed by atoms with Gasteiger partial charge < -0.3 is 5.11 Å². The van der Waals surface area contributed by atoms with Gasteiger partial charge in [0.2, 0.25) is 0 Å². The summed E-state index contributed by atoms with van der Waals surface area (Å²) in [7, 11) is 0. The van der Waals surface area contributed by atoms with Crippen LogP contribution in [-0.2, 0) is 5.75 Å². The van der Waals surface area contributed by atoms with Crippen molar-refractivity contribution in [3.63, 3.8) is 0 Å². The SMILES string of the molecule is Cc1cc(SCc2ccccc2)ncc1[C@@H](C)O. The summed E-state index contributed by atoms with van der Waals surface area (Å²) in [4.78, 5) is 4.38. The van der Waals surface area contributed by atoms with Crippen molar-refractivity contribution in [2.75, 3.05) is 0 Å². The number of aliphatic hydroxyl groups excluding tert-OH is 1. The minimum absolute atomic E-state index is 0.453. The molecular formula is C15H17NOS. The van der Waals surface area contributed by atoms with Gasteiger partial charge in [-0.3, -0.25) is 0 Å². The van der Waals surface area contributed by atoms with Crippen molar-refractivity contribution in [1.29, 1.82) is 0 Å². The van der Waals surface area contributed by atoms with Gasteiger partial charge in [0.15, 0.2) is 0 Å². The van der Waals surface area contributed by atoms with E-state index in [1.54, 1.807) is 24.9 Å². The third-order valence-electron chi connectivity index (χ3n) is 2.81. The van der Waals surface area contributed by atoms with Crippen molar-refractivity contribution in [1.82, 2.24) is 4.98 Å². The van der Waals surface area contributed by atoms with E-state index in [0.29, 0.717) is 0 Å². The highest BCUT2D eigenvalue weighted by molar-refractivity contribution is 7.98. The van der Waals surface area contributed by atoms with Crippen LogP contribution >= 0.6 is 11.8 Å². The Kier molecular flexibility index (Phi) is 4.39. The molecule has 1 aromatic heterocycles. The van der Waals surface area contributed by atoms with Gasteiger partial charge in [-0.05, 0) is 31.0 Å². The predicted molar refractivity (Wildman–Crippen MR) is 75.6 cm³/mol. The molecule has 1 atom stereocenters. The molecule has 18 heavy (non-hydrogen) atoms. The number of hydrogen-bond acceptors (Lipinski definition) is 3. The van der Waals surface area contributed by atoms with E-state index in [1.807, 2.05) is 31.2 Å². The number of nitrogens with zero attached hydrogens (tertiary/aromatic N) is 1. The summed E-state index contributed by atoms with van der Waals surface area (Å²) in [6, 6.07) is 12.4. The number of hydrogen-bond donors (Lipinski definition) is 1. The lowest BCUT2D eigenvalue weighted by molar-refractivity contribution is 0.198. The van der Waals surface area contributed by atoms with Gasteiger partial charge >= 0.3 is 0 Å². The Labute approximate surface area is 112 Å². The molecule has 0 saturated carbocycles. The summed E-state index contributed by atoms with van der Waals surface area (Å²) in [5, 5.41) is 10.6. The highest BCUT2D eigenvalue weighted by atomic mass is 32.2. The third kappa shape index (κ3) is 3.34. The van der Waals surface area contributed by atoms with E-state index in [0.717, 1.165) is 21.9 Å². The van der Waals surface area contributed by atoms with Gasteiger partial charge in [0, 0.05) is 17.5 Å². The maximum atomic E-state index is 9.56. The fraction of sp³-hybridized carbons (Fsp3) is 0.267. The first-order valence-electron chi connectivity index (χ1n) is 5.98. The molecule has 1 heterocycles. The highest BCUT2D eigenvalue weighted by Crippen LogP contribution is 2.24. The van der Waals surface area contributed by atoms with Crippen LogP contribution in [0.5, 0.6) is 0 Å². The second-order valence-electron chi connectivity index (χ2n) is 4.33. The molecule has 0 unspecified atom stereocenters. The molecular weight excluding hydrogens is 242 g/mol. The molecule has 2 aromatic rings. The van der Waals surface area contributed by atoms with Crippen molar-refractivity contribution < 1.29 is 5.11 Å². The molecule has 0 aliphatic carbocycles. The van der Waals surface area contributed by atoms with Crippen molar-refractivity contribution in [3.8, 4) is 0 Å². The van der Waals surface area contributed by atoms with Crippen molar-refractivity contribution in [2.45, 2.75) is 30.7 Å². The number of aromatic nitrogens is 1. The predicted octanol–water partition coefficient (Wildman–Crippen LogP) is 3.74. The van der Waals surface area contributed by atoms with Crippen LogP contribution < -0.4 is 0 Å². The van der Waals surface area contributed by atoms with Crippen molar-refractivity contribution >= 4 is 11.8 Å². The maximum absolute atomic E-state index is 9.56. The molecule has 94 valence electrons. The van der Waals surface area contributed by atoms with Crippen LogP contribution in [-0.4, -0.2) is 10.1 Å². The maximum Gasteiger partial charge on any atom is 0.0965 e. The molecule has 0 fully saturated rings. The minimum atomic E-state index is -0.453. The fourth-order valence-electron chi connectivity index (χ4n) is 1.79. The highest BCUT2D eigenvalue weighted by Gasteiger charge is 2.06. The monoisotopic (exact) mass is 259 g/mol. The fourth-order valence-corrected chi connectivity index (χ4v) is 2.68. The lowest BCUT2D eigenvalue weighted by atomic mass is 10.1.